The summed E-state index contributed by atoms with van der Waals surface area (Å²) in [6.07, 6.45) is 3.71. The van der Waals surface area contributed by atoms with Crippen molar-refractivity contribution in [3.63, 3.8) is 0 Å². The number of nitrogens with zero attached hydrogens (tertiary/aromatic N) is 2. The van der Waals surface area contributed by atoms with E-state index in [0.717, 1.165) is 55.0 Å². The van der Waals surface area contributed by atoms with Crippen LogP contribution >= 0.6 is 0 Å². The molecule has 0 saturated carbocycles. The lowest BCUT2D eigenvalue weighted by molar-refractivity contribution is 0.0782. The van der Waals surface area contributed by atoms with Crippen LogP contribution in [0.2, 0.25) is 0 Å². The zero-order valence-corrected chi connectivity index (χ0v) is 21.5. The fraction of sp³-hybridized carbons (Fsp3) is 0.324. The molecule has 1 amide bonds. The Labute approximate surface area is 220 Å². The van der Waals surface area contributed by atoms with Crippen LogP contribution < -0.4 is 0 Å². The first kappa shape index (κ1) is 23.9. The van der Waals surface area contributed by atoms with Gasteiger partial charge in [-0.2, -0.15) is 0 Å². The van der Waals surface area contributed by atoms with Gasteiger partial charge in [0.15, 0.2) is 0 Å². The van der Waals surface area contributed by atoms with Crippen molar-refractivity contribution in [2.75, 3.05) is 32.7 Å². The predicted octanol–water partition coefficient (Wildman–Crippen LogP) is 6.65. The SMILES string of the molecule is O=C(c1cccc2ccccc12)N1C[C@H](CN2CCC(Cc3ccccc3)CC2)[C@@H](c2ccccc2)C1. The summed E-state index contributed by atoms with van der Waals surface area (Å²) in [6.45, 7) is 5.00. The minimum Gasteiger partial charge on any atom is -0.338 e. The molecule has 0 spiro atoms. The second-order valence-electron chi connectivity index (χ2n) is 10.9. The molecule has 0 N–H and O–H groups in total. The normalized spacial score (nSPS) is 20.9. The molecule has 2 aliphatic rings. The third-order valence-corrected chi connectivity index (χ3v) is 8.54. The fourth-order valence-electron chi connectivity index (χ4n) is 6.53. The summed E-state index contributed by atoms with van der Waals surface area (Å²) in [4.78, 5) is 18.6. The van der Waals surface area contributed by atoms with Crippen LogP contribution in [0.3, 0.4) is 0 Å². The Morgan fingerprint density at radius 3 is 2.19 bits per heavy atom. The van der Waals surface area contributed by atoms with Gasteiger partial charge in [-0.15, -0.1) is 0 Å². The second-order valence-corrected chi connectivity index (χ2v) is 10.9. The Balaban J connectivity index is 1.16. The van der Waals surface area contributed by atoms with Crippen LogP contribution in [0.4, 0.5) is 0 Å². The third-order valence-electron chi connectivity index (χ3n) is 8.54. The van der Waals surface area contributed by atoms with Crippen LogP contribution in [-0.4, -0.2) is 48.4 Å². The molecule has 2 atom stereocenters. The molecule has 0 unspecified atom stereocenters. The minimum atomic E-state index is 0.168. The summed E-state index contributed by atoms with van der Waals surface area (Å²) in [5.41, 5.74) is 3.65. The van der Waals surface area contributed by atoms with Gasteiger partial charge in [0.25, 0.3) is 5.91 Å². The Morgan fingerprint density at radius 1 is 0.730 bits per heavy atom. The summed E-state index contributed by atoms with van der Waals surface area (Å²) in [5, 5.41) is 2.18. The maximum absolute atomic E-state index is 13.8. The van der Waals surface area contributed by atoms with Crippen molar-refractivity contribution >= 4 is 16.7 Å². The standard InChI is InChI=1S/C34H36N2O/c37-34(32-17-9-15-28-14-7-8-16-31(28)32)36-24-30(33(25-36)29-12-5-2-6-13-29)23-35-20-18-27(19-21-35)22-26-10-3-1-4-11-26/h1-17,27,30,33H,18-25H2/t30-,33+/m0/s1. The van der Waals surface area contributed by atoms with E-state index < -0.39 is 0 Å². The van der Waals surface area contributed by atoms with Gasteiger partial charge in [-0.1, -0.05) is 97.1 Å². The lowest BCUT2D eigenvalue weighted by Crippen LogP contribution is -2.39. The molecule has 2 saturated heterocycles. The first-order valence-corrected chi connectivity index (χ1v) is 13.8. The van der Waals surface area contributed by atoms with Crippen LogP contribution in [0.25, 0.3) is 10.8 Å². The number of fused-ring (bicyclic) bond motifs is 1. The van der Waals surface area contributed by atoms with Gasteiger partial charge >= 0.3 is 0 Å². The Morgan fingerprint density at radius 2 is 1.41 bits per heavy atom. The first-order chi connectivity index (χ1) is 18.2. The van der Waals surface area contributed by atoms with Crippen molar-refractivity contribution in [1.29, 1.82) is 0 Å². The van der Waals surface area contributed by atoms with Gasteiger partial charge in [-0.3, -0.25) is 4.79 Å². The maximum Gasteiger partial charge on any atom is 0.254 e. The molecule has 0 bridgehead atoms. The number of amides is 1. The molecule has 0 radical (unpaired) electrons. The van der Waals surface area contributed by atoms with E-state index in [1.165, 1.54) is 30.4 Å². The zero-order valence-electron chi connectivity index (χ0n) is 21.5. The zero-order chi connectivity index (χ0) is 25.0. The largest absolute Gasteiger partial charge is 0.338 e. The van der Waals surface area contributed by atoms with Gasteiger partial charge in [0.1, 0.15) is 0 Å². The van der Waals surface area contributed by atoms with E-state index in [1.807, 2.05) is 24.3 Å². The average molecular weight is 489 g/mol. The van der Waals surface area contributed by atoms with Crippen LogP contribution in [-0.2, 0) is 6.42 Å². The Bertz CT molecular complexity index is 1320. The number of carbonyl (C=O) groups excluding carboxylic acids is 1. The molecule has 3 nitrogen and oxygen atoms in total. The Kier molecular flexibility index (Phi) is 7.05. The highest BCUT2D eigenvalue weighted by Gasteiger charge is 2.38. The molecule has 2 aliphatic heterocycles. The molecule has 37 heavy (non-hydrogen) atoms. The summed E-state index contributed by atoms with van der Waals surface area (Å²) in [5.74, 6) is 1.77. The second kappa shape index (κ2) is 10.9. The van der Waals surface area contributed by atoms with Crippen molar-refractivity contribution in [2.24, 2.45) is 11.8 Å². The predicted molar refractivity (Wildman–Crippen MR) is 152 cm³/mol. The number of hydrogen-bond acceptors (Lipinski definition) is 2. The number of rotatable bonds is 6. The highest BCUT2D eigenvalue weighted by atomic mass is 16.2. The van der Waals surface area contributed by atoms with E-state index in [2.05, 4.69) is 88.7 Å². The summed E-state index contributed by atoms with van der Waals surface area (Å²) >= 11 is 0. The average Bonchev–Trinajstić information content (AvgIpc) is 3.38. The van der Waals surface area contributed by atoms with Crippen LogP contribution in [0.1, 0.15) is 40.2 Å². The summed E-state index contributed by atoms with van der Waals surface area (Å²) in [6, 6.07) is 36.1. The number of piperidine rings is 1. The number of benzene rings is 4. The minimum absolute atomic E-state index is 0.168. The molecule has 3 heteroatoms. The van der Waals surface area contributed by atoms with E-state index in [4.69, 9.17) is 0 Å². The lowest BCUT2D eigenvalue weighted by atomic mass is 9.86. The van der Waals surface area contributed by atoms with E-state index in [9.17, 15) is 4.79 Å². The summed E-state index contributed by atoms with van der Waals surface area (Å²) in [7, 11) is 0. The number of likely N-dealkylation sites (tertiary alicyclic amines) is 2. The van der Waals surface area contributed by atoms with E-state index >= 15 is 0 Å². The van der Waals surface area contributed by atoms with Gasteiger partial charge in [-0.25, -0.2) is 0 Å². The third kappa shape index (κ3) is 5.33. The van der Waals surface area contributed by atoms with Crippen molar-refractivity contribution in [2.45, 2.75) is 25.2 Å². The first-order valence-electron chi connectivity index (χ1n) is 13.8. The molecule has 6 rings (SSSR count). The molecule has 4 aromatic rings. The molecule has 2 fully saturated rings. The van der Waals surface area contributed by atoms with Crippen molar-refractivity contribution in [1.82, 2.24) is 9.80 Å². The van der Waals surface area contributed by atoms with E-state index in [0.29, 0.717) is 11.8 Å². The van der Waals surface area contributed by atoms with Crippen LogP contribution in [0, 0.1) is 11.8 Å². The molecule has 2 heterocycles. The van der Waals surface area contributed by atoms with Gasteiger partial charge in [0.05, 0.1) is 0 Å². The highest BCUT2D eigenvalue weighted by Crippen LogP contribution is 2.35. The lowest BCUT2D eigenvalue weighted by Gasteiger charge is -2.34. The van der Waals surface area contributed by atoms with Gasteiger partial charge in [-0.05, 0) is 72.2 Å². The quantitative estimate of drug-likeness (QED) is 0.303. The monoisotopic (exact) mass is 488 g/mol. The molecule has 0 aliphatic carbocycles. The topological polar surface area (TPSA) is 23.6 Å². The van der Waals surface area contributed by atoms with Crippen LogP contribution in [0.15, 0.2) is 103 Å². The number of carbonyl (C=O) groups is 1. The van der Waals surface area contributed by atoms with Crippen molar-refractivity contribution in [3.05, 3.63) is 120 Å². The van der Waals surface area contributed by atoms with Crippen molar-refractivity contribution < 1.29 is 4.79 Å². The molecular formula is C34H36N2O. The fourth-order valence-corrected chi connectivity index (χ4v) is 6.53. The van der Waals surface area contributed by atoms with E-state index in [1.54, 1.807) is 0 Å². The Hall–Kier alpha value is -3.43. The van der Waals surface area contributed by atoms with Crippen molar-refractivity contribution in [3.8, 4) is 0 Å². The smallest absolute Gasteiger partial charge is 0.254 e. The van der Waals surface area contributed by atoms with E-state index in [-0.39, 0.29) is 5.91 Å². The van der Waals surface area contributed by atoms with Gasteiger partial charge < -0.3 is 9.80 Å². The molecule has 4 aromatic carbocycles. The highest BCUT2D eigenvalue weighted by molar-refractivity contribution is 6.07. The van der Waals surface area contributed by atoms with Gasteiger partial charge in [0, 0.05) is 31.1 Å². The van der Waals surface area contributed by atoms with Crippen LogP contribution in [0.5, 0.6) is 0 Å². The molecule has 188 valence electrons. The maximum atomic E-state index is 13.8. The molecule has 0 aromatic heterocycles. The molecular weight excluding hydrogens is 452 g/mol. The summed E-state index contributed by atoms with van der Waals surface area (Å²) < 4.78 is 0. The van der Waals surface area contributed by atoms with Gasteiger partial charge in [0.2, 0.25) is 0 Å². The number of hydrogen-bond donors (Lipinski definition) is 0.